The minimum absolute atomic E-state index is 0.604. The van der Waals surface area contributed by atoms with Crippen molar-refractivity contribution in [1.82, 2.24) is 20.2 Å². The van der Waals surface area contributed by atoms with Crippen LogP contribution in [0.3, 0.4) is 0 Å². The van der Waals surface area contributed by atoms with Crippen molar-refractivity contribution in [2.24, 2.45) is 4.99 Å². The molecule has 0 amide bonds. The van der Waals surface area contributed by atoms with Crippen molar-refractivity contribution in [2.75, 3.05) is 14.2 Å². The van der Waals surface area contributed by atoms with E-state index < -0.39 is 0 Å². The van der Waals surface area contributed by atoms with E-state index in [0.29, 0.717) is 13.1 Å². The van der Waals surface area contributed by atoms with E-state index in [9.17, 15) is 0 Å². The number of nitrogens with zero attached hydrogens (tertiary/aromatic N) is 3. The molecule has 6 nitrogen and oxygen atoms in total. The summed E-state index contributed by atoms with van der Waals surface area (Å²) < 4.78 is 7.65. The lowest BCUT2D eigenvalue weighted by Gasteiger charge is -2.15. The number of rotatable bonds is 8. The first-order chi connectivity index (χ1) is 14.2. The number of aromatic nitrogens is 2. The summed E-state index contributed by atoms with van der Waals surface area (Å²) in [6.45, 7) is 4.19. The van der Waals surface area contributed by atoms with Crippen LogP contribution in [0.1, 0.15) is 22.5 Å². The molecule has 0 bridgehead atoms. The molecule has 1 heterocycles. The molecule has 152 valence electrons. The number of aliphatic imine (C=N–C) groups is 1. The molecule has 3 rings (SSSR count). The third-order valence-corrected chi connectivity index (χ3v) is 4.81. The van der Waals surface area contributed by atoms with E-state index in [-0.39, 0.29) is 0 Å². The number of ether oxygens (including phenoxy) is 1. The number of benzene rings is 2. The molecule has 0 fully saturated rings. The Morgan fingerprint density at radius 1 is 1.10 bits per heavy atom. The lowest BCUT2D eigenvalue weighted by Crippen LogP contribution is -2.37. The molecule has 0 aliphatic rings. The highest BCUT2D eigenvalue weighted by molar-refractivity contribution is 5.79. The van der Waals surface area contributed by atoms with Crippen LogP contribution in [0.25, 0.3) is 0 Å². The minimum Gasteiger partial charge on any atom is -0.496 e. The molecule has 0 atom stereocenters. The van der Waals surface area contributed by atoms with Gasteiger partial charge in [0.25, 0.3) is 0 Å². The van der Waals surface area contributed by atoms with E-state index in [1.807, 2.05) is 24.5 Å². The molecular formula is C23H29N5O. The minimum atomic E-state index is 0.604. The Morgan fingerprint density at radius 3 is 2.66 bits per heavy atom. The number of imidazole rings is 1. The predicted octanol–water partition coefficient (Wildman–Crippen LogP) is 3.31. The van der Waals surface area contributed by atoms with Gasteiger partial charge in [-0.25, -0.2) is 4.98 Å². The molecular weight excluding hydrogens is 362 g/mol. The Bertz CT molecular complexity index is 933. The van der Waals surface area contributed by atoms with Gasteiger partial charge in [-0.15, -0.1) is 0 Å². The first-order valence-electron chi connectivity index (χ1n) is 9.81. The maximum absolute atomic E-state index is 5.48. The summed E-state index contributed by atoms with van der Waals surface area (Å²) in [5.74, 6) is 2.59. The molecule has 0 unspecified atom stereocenters. The summed E-state index contributed by atoms with van der Waals surface area (Å²) in [5.41, 5.74) is 3.59. The molecule has 2 N–H and O–H groups in total. The third kappa shape index (κ3) is 5.85. The number of guanidine groups is 1. The fourth-order valence-corrected chi connectivity index (χ4v) is 3.17. The van der Waals surface area contributed by atoms with Crippen molar-refractivity contribution in [2.45, 2.75) is 33.0 Å². The van der Waals surface area contributed by atoms with Crippen LogP contribution in [-0.4, -0.2) is 29.7 Å². The molecule has 0 spiro atoms. The van der Waals surface area contributed by atoms with Crippen molar-refractivity contribution < 1.29 is 4.74 Å². The standard InChI is InChI=1S/C23H29N5O/c1-18-9-10-20(21(15-18)29-3)16-26-23(24-2)27-17-22-25-12-14-28(22)13-11-19-7-5-4-6-8-19/h4-10,12,14-15H,11,13,16-17H2,1-3H3,(H2,24,26,27). The number of aryl methyl sites for hydroxylation is 3. The number of methoxy groups -OCH3 is 1. The second kappa shape index (κ2) is 10.3. The van der Waals surface area contributed by atoms with Crippen LogP contribution in [0.2, 0.25) is 0 Å². The molecule has 29 heavy (non-hydrogen) atoms. The van der Waals surface area contributed by atoms with Crippen LogP contribution in [0.4, 0.5) is 0 Å². The lowest BCUT2D eigenvalue weighted by atomic mass is 10.1. The molecule has 6 heteroatoms. The van der Waals surface area contributed by atoms with Crippen LogP contribution < -0.4 is 15.4 Å². The monoisotopic (exact) mass is 391 g/mol. The van der Waals surface area contributed by atoms with Gasteiger partial charge in [0.2, 0.25) is 0 Å². The number of hydrogen-bond acceptors (Lipinski definition) is 3. The topological polar surface area (TPSA) is 63.5 Å². The van der Waals surface area contributed by atoms with Gasteiger partial charge in [-0.2, -0.15) is 0 Å². The first-order valence-corrected chi connectivity index (χ1v) is 9.81. The highest BCUT2D eigenvalue weighted by atomic mass is 16.5. The smallest absolute Gasteiger partial charge is 0.191 e. The maximum atomic E-state index is 5.48. The Balaban J connectivity index is 1.53. The summed E-state index contributed by atoms with van der Waals surface area (Å²) in [4.78, 5) is 8.80. The third-order valence-electron chi connectivity index (χ3n) is 4.81. The number of nitrogens with one attached hydrogen (secondary N) is 2. The van der Waals surface area contributed by atoms with E-state index in [2.05, 4.69) is 68.5 Å². The Morgan fingerprint density at radius 2 is 1.90 bits per heavy atom. The first kappa shape index (κ1) is 20.5. The van der Waals surface area contributed by atoms with Gasteiger partial charge < -0.3 is 19.9 Å². The molecule has 0 radical (unpaired) electrons. The average molecular weight is 392 g/mol. The molecule has 0 saturated heterocycles. The van der Waals surface area contributed by atoms with Gasteiger partial charge in [-0.05, 0) is 30.5 Å². The zero-order valence-electron chi connectivity index (χ0n) is 17.4. The maximum Gasteiger partial charge on any atom is 0.191 e. The van der Waals surface area contributed by atoms with Gasteiger partial charge in [0.05, 0.1) is 13.7 Å². The van der Waals surface area contributed by atoms with Crippen molar-refractivity contribution in [3.05, 3.63) is 83.4 Å². The normalized spacial score (nSPS) is 11.3. The summed E-state index contributed by atoms with van der Waals surface area (Å²) in [6, 6.07) is 16.7. The van der Waals surface area contributed by atoms with Crippen LogP contribution in [0.5, 0.6) is 5.75 Å². The second-order valence-corrected chi connectivity index (χ2v) is 6.87. The van der Waals surface area contributed by atoms with Gasteiger partial charge in [0.1, 0.15) is 11.6 Å². The van der Waals surface area contributed by atoms with Gasteiger partial charge in [0, 0.05) is 38.1 Å². The highest BCUT2D eigenvalue weighted by Crippen LogP contribution is 2.19. The molecule has 1 aromatic heterocycles. The molecule has 3 aromatic rings. The van der Waals surface area contributed by atoms with Crippen molar-refractivity contribution in [1.29, 1.82) is 0 Å². The van der Waals surface area contributed by atoms with Crippen LogP contribution in [0, 0.1) is 6.92 Å². The predicted molar refractivity (Wildman–Crippen MR) is 117 cm³/mol. The van der Waals surface area contributed by atoms with Crippen molar-refractivity contribution in [3.8, 4) is 5.75 Å². The van der Waals surface area contributed by atoms with Gasteiger partial charge in [0.15, 0.2) is 5.96 Å². The fourth-order valence-electron chi connectivity index (χ4n) is 3.17. The zero-order valence-corrected chi connectivity index (χ0v) is 17.4. The van der Waals surface area contributed by atoms with E-state index in [0.717, 1.165) is 36.1 Å². The Hall–Kier alpha value is -3.28. The zero-order chi connectivity index (χ0) is 20.5. The van der Waals surface area contributed by atoms with Crippen LogP contribution in [-0.2, 0) is 26.1 Å². The summed E-state index contributed by atoms with van der Waals surface area (Å²) in [7, 11) is 3.46. The lowest BCUT2D eigenvalue weighted by molar-refractivity contribution is 0.408. The van der Waals surface area contributed by atoms with Gasteiger partial charge >= 0.3 is 0 Å². The molecule has 0 aliphatic carbocycles. The average Bonchev–Trinajstić information content (AvgIpc) is 3.21. The van der Waals surface area contributed by atoms with E-state index in [4.69, 9.17) is 4.74 Å². The second-order valence-electron chi connectivity index (χ2n) is 6.87. The largest absolute Gasteiger partial charge is 0.496 e. The molecule has 0 aliphatic heterocycles. The summed E-state index contributed by atoms with van der Waals surface area (Å²) in [6.07, 6.45) is 4.84. The quantitative estimate of drug-likeness (QED) is 0.457. The van der Waals surface area contributed by atoms with E-state index in [1.54, 1.807) is 14.2 Å². The summed E-state index contributed by atoms with van der Waals surface area (Å²) in [5, 5.41) is 6.69. The van der Waals surface area contributed by atoms with Crippen LogP contribution in [0.15, 0.2) is 65.9 Å². The van der Waals surface area contributed by atoms with Gasteiger partial charge in [-0.3, -0.25) is 4.99 Å². The SMILES string of the molecule is CN=C(NCc1ccc(C)cc1OC)NCc1nccn1CCc1ccccc1. The number of hydrogen-bond donors (Lipinski definition) is 2. The van der Waals surface area contributed by atoms with E-state index >= 15 is 0 Å². The fraction of sp³-hybridized carbons (Fsp3) is 0.304. The Labute approximate surface area is 172 Å². The van der Waals surface area contributed by atoms with Gasteiger partial charge in [-0.1, -0.05) is 42.5 Å². The molecule has 0 saturated carbocycles. The van der Waals surface area contributed by atoms with Crippen molar-refractivity contribution >= 4 is 5.96 Å². The van der Waals surface area contributed by atoms with E-state index in [1.165, 1.54) is 11.1 Å². The Kier molecular flexibility index (Phi) is 7.28. The molecule has 2 aromatic carbocycles. The highest BCUT2D eigenvalue weighted by Gasteiger charge is 2.07. The van der Waals surface area contributed by atoms with Crippen LogP contribution >= 0.6 is 0 Å². The van der Waals surface area contributed by atoms with Crippen molar-refractivity contribution in [3.63, 3.8) is 0 Å². The summed E-state index contributed by atoms with van der Waals surface area (Å²) >= 11 is 0.